The third kappa shape index (κ3) is 4.33. The van der Waals surface area contributed by atoms with Crippen LogP contribution in [0.5, 0.6) is 0 Å². The van der Waals surface area contributed by atoms with Gasteiger partial charge < -0.3 is 5.32 Å². The van der Waals surface area contributed by atoms with Crippen LogP contribution in [-0.2, 0) is 6.54 Å². The van der Waals surface area contributed by atoms with E-state index < -0.39 is 0 Å². The van der Waals surface area contributed by atoms with Gasteiger partial charge in [-0.15, -0.1) is 11.6 Å². The lowest BCUT2D eigenvalue weighted by Crippen LogP contribution is -2.34. The minimum absolute atomic E-state index is 0.506. The fourth-order valence-corrected chi connectivity index (χ4v) is 2.38. The normalized spacial score (nSPS) is 13.1. The van der Waals surface area contributed by atoms with E-state index in [4.69, 9.17) is 11.6 Å². The smallest absolute Gasteiger partial charge is 0.0238 e. The molecule has 0 heterocycles. The first kappa shape index (κ1) is 14.5. The van der Waals surface area contributed by atoms with Gasteiger partial charge in [0.15, 0.2) is 0 Å². The molecule has 0 aliphatic rings. The second-order valence-electron chi connectivity index (χ2n) is 5.08. The van der Waals surface area contributed by atoms with E-state index in [-0.39, 0.29) is 0 Å². The van der Waals surface area contributed by atoms with Crippen molar-refractivity contribution < 1.29 is 0 Å². The first-order valence-electron chi connectivity index (χ1n) is 6.40. The molecule has 96 valence electrons. The number of nitrogens with one attached hydrogen (secondary N) is 1. The summed E-state index contributed by atoms with van der Waals surface area (Å²) in [7, 11) is 0. The number of alkyl halides is 1. The molecule has 0 spiro atoms. The van der Waals surface area contributed by atoms with Gasteiger partial charge in [0.05, 0.1) is 0 Å². The van der Waals surface area contributed by atoms with Crippen LogP contribution in [0, 0.1) is 19.8 Å². The Morgan fingerprint density at radius 3 is 2.24 bits per heavy atom. The Bertz CT molecular complexity index is 327. The standard InChI is InChI=1S/C15H24ClN/c1-11(2)15(8-9-16)17-10-14-12(3)6-5-7-13(14)4/h5-7,11,15,17H,8-10H2,1-4H3. The highest BCUT2D eigenvalue weighted by Gasteiger charge is 2.12. The van der Waals surface area contributed by atoms with Crippen molar-refractivity contribution in [2.24, 2.45) is 5.92 Å². The number of rotatable bonds is 6. The first-order valence-corrected chi connectivity index (χ1v) is 6.94. The summed E-state index contributed by atoms with van der Waals surface area (Å²) >= 11 is 5.84. The average molecular weight is 254 g/mol. The Hall–Kier alpha value is -0.530. The van der Waals surface area contributed by atoms with E-state index >= 15 is 0 Å². The molecule has 1 N–H and O–H groups in total. The van der Waals surface area contributed by atoms with Gasteiger partial charge in [-0.1, -0.05) is 32.0 Å². The summed E-state index contributed by atoms with van der Waals surface area (Å²) < 4.78 is 0. The molecule has 0 saturated heterocycles. The second-order valence-corrected chi connectivity index (χ2v) is 5.46. The predicted octanol–water partition coefficient (Wildman–Crippen LogP) is 4.05. The molecule has 0 saturated carbocycles. The van der Waals surface area contributed by atoms with E-state index in [0.29, 0.717) is 12.0 Å². The van der Waals surface area contributed by atoms with Crippen LogP contribution in [0.1, 0.15) is 37.0 Å². The van der Waals surface area contributed by atoms with Gasteiger partial charge in [-0.05, 0) is 42.9 Å². The van der Waals surface area contributed by atoms with Crippen LogP contribution in [0.3, 0.4) is 0 Å². The molecule has 1 nitrogen and oxygen atoms in total. The molecule has 0 fully saturated rings. The molecule has 0 aliphatic carbocycles. The third-order valence-electron chi connectivity index (χ3n) is 3.41. The molecular formula is C15H24ClN. The van der Waals surface area contributed by atoms with Gasteiger partial charge in [0.25, 0.3) is 0 Å². The minimum Gasteiger partial charge on any atom is -0.310 e. The van der Waals surface area contributed by atoms with Crippen molar-refractivity contribution in [1.29, 1.82) is 0 Å². The fraction of sp³-hybridized carbons (Fsp3) is 0.600. The summed E-state index contributed by atoms with van der Waals surface area (Å²) in [5, 5.41) is 3.63. The molecule has 1 unspecified atom stereocenters. The van der Waals surface area contributed by atoms with Gasteiger partial charge in [0.2, 0.25) is 0 Å². The van der Waals surface area contributed by atoms with Gasteiger partial charge in [0, 0.05) is 18.5 Å². The molecule has 1 aromatic carbocycles. The summed E-state index contributed by atoms with van der Waals surface area (Å²) in [6, 6.07) is 6.98. The van der Waals surface area contributed by atoms with Crippen molar-refractivity contribution in [3.05, 3.63) is 34.9 Å². The topological polar surface area (TPSA) is 12.0 Å². The molecule has 0 radical (unpaired) electrons. The number of hydrogen-bond acceptors (Lipinski definition) is 1. The van der Waals surface area contributed by atoms with Gasteiger partial charge in [0.1, 0.15) is 0 Å². The lowest BCUT2D eigenvalue weighted by atomic mass is 9.99. The largest absolute Gasteiger partial charge is 0.310 e. The number of aryl methyl sites for hydroxylation is 2. The molecule has 17 heavy (non-hydrogen) atoms. The Balaban J connectivity index is 2.65. The van der Waals surface area contributed by atoms with Crippen molar-refractivity contribution >= 4 is 11.6 Å². The fourth-order valence-electron chi connectivity index (χ4n) is 2.15. The number of benzene rings is 1. The van der Waals surface area contributed by atoms with Crippen LogP contribution in [0.4, 0.5) is 0 Å². The lowest BCUT2D eigenvalue weighted by Gasteiger charge is -2.22. The van der Waals surface area contributed by atoms with Crippen LogP contribution in [0.2, 0.25) is 0 Å². The molecule has 1 atom stereocenters. The number of hydrogen-bond donors (Lipinski definition) is 1. The van der Waals surface area contributed by atoms with E-state index in [1.54, 1.807) is 0 Å². The maximum Gasteiger partial charge on any atom is 0.0238 e. The molecule has 0 amide bonds. The van der Waals surface area contributed by atoms with Gasteiger partial charge in [-0.25, -0.2) is 0 Å². The number of halogens is 1. The third-order valence-corrected chi connectivity index (χ3v) is 3.63. The van der Waals surface area contributed by atoms with Crippen LogP contribution >= 0.6 is 11.6 Å². The predicted molar refractivity (Wildman–Crippen MR) is 76.7 cm³/mol. The highest BCUT2D eigenvalue weighted by molar-refractivity contribution is 6.17. The summed E-state index contributed by atoms with van der Waals surface area (Å²) in [4.78, 5) is 0. The van der Waals surface area contributed by atoms with E-state index in [0.717, 1.165) is 18.8 Å². The summed E-state index contributed by atoms with van der Waals surface area (Å²) in [5.41, 5.74) is 4.16. The molecule has 1 aromatic rings. The molecule has 1 rings (SSSR count). The van der Waals surface area contributed by atoms with Crippen molar-refractivity contribution in [2.75, 3.05) is 5.88 Å². The summed E-state index contributed by atoms with van der Waals surface area (Å²) in [6.45, 7) is 9.79. The van der Waals surface area contributed by atoms with E-state index in [9.17, 15) is 0 Å². The zero-order valence-electron chi connectivity index (χ0n) is 11.4. The SMILES string of the molecule is Cc1cccc(C)c1CNC(CCCl)C(C)C. The summed E-state index contributed by atoms with van der Waals surface area (Å²) in [5.74, 6) is 1.35. The second kappa shape index (κ2) is 7.03. The highest BCUT2D eigenvalue weighted by atomic mass is 35.5. The quantitative estimate of drug-likeness (QED) is 0.755. The zero-order valence-corrected chi connectivity index (χ0v) is 12.1. The zero-order chi connectivity index (χ0) is 12.8. The van der Waals surface area contributed by atoms with Crippen molar-refractivity contribution in [3.8, 4) is 0 Å². The van der Waals surface area contributed by atoms with E-state index in [1.165, 1.54) is 16.7 Å². The average Bonchev–Trinajstić information content (AvgIpc) is 2.26. The molecular weight excluding hydrogens is 230 g/mol. The highest BCUT2D eigenvalue weighted by Crippen LogP contribution is 2.15. The van der Waals surface area contributed by atoms with Crippen LogP contribution < -0.4 is 5.32 Å². The van der Waals surface area contributed by atoms with Gasteiger partial charge in [-0.2, -0.15) is 0 Å². The Kier molecular flexibility index (Phi) is 6.01. The molecule has 0 bridgehead atoms. The van der Waals surface area contributed by atoms with Crippen molar-refractivity contribution in [3.63, 3.8) is 0 Å². The Morgan fingerprint density at radius 1 is 1.18 bits per heavy atom. The minimum atomic E-state index is 0.506. The Labute approximate surface area is 111 Å². The van der Waals surface area contributed by atoms with Gasteiger partial charge in [-0.3, -0.25) is 0 Å². The lowest BCUT2D eigenvalue weighted by molar-refractivity contribution is 0.388. The molecule has 0 aliphatic heterocycles. The summed E-state index contributed by atoms with van der Waals surface area (Å²) in [6.07, 6.45) is 1.03. The Morgan fingerprint density at radius 2 is 1.76 bits per heavy atom. The maximum atomic E-state index is 5.84. The van der Waals surface area contributed by atoms with Crippen LogP contribution in [0.25, 0.3) is 0 Å². The van der Waals surface area contributed by atoms with Crippen molar-refractivity contribution in [1.82, 2.24) is 5.32 Å². The maximum absolute atomic E-state index is 5.84. The van der Waals surface area contributed by atoms with E-state index in [2.05, 4.69) is 51.2 Å². The van der Waals surface area contributed by atoms with Crippen LogP contribution in [0.15, 0.2) is 18.2 Å². The van der Waals surface area contributed by atoms with Crippen LogP contribution in [-0.4, -0.2) is 11.9 Å². The monoisotopic (exact) mass is 253 g/mol. The molecule has 0 aromatic heterocycles. The van der Waals surface area contributed by atoms with E-state index in [1.807, 2.05) is 0 Å². The van der Waals surface area contributed by atoms with Gasteiger partial charge >= 0.3 is 0 Å². The molecule has 2 heteroatoms. The first-order chi connectivity index (χ1) is 8.06. The van der Waals surface area contributed by atoms with Crippen molar-refractivity contribution in [2.45, 2.75) is 46.7 Å².